The fraction of sp³-hybridized carbons (Fsp3) is 0.357. The summed E-state index contributed by atoms with van der Waals surface area (Å²) in [4.78, 5) is 4.37. The number of benzene rings is 1. The van der Waals surface area contributed by atoms with E-state index < -0.39 is 0 Å². The van der Waals surface area contributed by atoms with Crippen LogP contribution in [0.2, 0.25) is 0 Å². The van der Waals surface area contributed by atoms with Crippen molar-refractivity contribution in [3.05, 3.63) is 53.6 Å². The summed E-state index contributed by atoms with van der Waals surface area (Å²) in [5.41, 5.74) is 3.05. The van der Waals surface area contributed by atoms with Crippen LogP contribution in [0, 0.1) is 0 Å². The van der Waals surface area contributed by atoms with Crippen molar-refractivity contribution in [2.45, 2.75) is 32.2 Å². The van der Waals surface area contributed by atoms with Gasteiger partial charge < -0.3 is 4.57 Å². The van der Waals surface area contributed by atoms with E-state index >= 15 is 0 Å². The minimum Gasteiger partial charge on any atom is -0.334 e. The topological polar surface area (TPSA) is 17.8 Å². The van der Waals surface area contributed by atoms with Gasteiger partial charge in [0, 0.05) is 31.3 Å². The van der Waals surface area contributed by atoms with Crippen LogP contribution in [0.25, 0.3) is 0 Å². The van der Waals surface area contributed by atoms with Crippen LogP contribution in [0.3, 0.4) is 0 Å². The minimum absolute atomic E-state index is 0.690. The molecule has 16 heavy (non-hydrogen) atoms. The fourth-order valence-electron chi connectivity index (χ4n) is 2.58. The summed E-state index contributed by atoms with van der Waals surface area (Å²) in [7, 11) is 0. The summed E-state index contributed by atoms with van der Waals surface area (Å²) in [5.74, 6) is 1.89. The van der Waals surface area contributed by atoms with Gasteiger partial charge in [-0.05, 0) is 17.5 Å². The largest absolute Gasteiger partial charge is 0.334 e. The van der Waals surface area contributed by atoms with Crippen molar-refractivity contribution in [2.24, 2.45) is 0 Å². The third-order valence-corrected chi connectivity index (χ3v) is 3.50. The smallest absolute Gasteiger partial charge is 0.108 e. The Labute approximate surface area is 95.9 Å². The molecule has 0 amide bonds. The summed E-state index contributed by atoms with van der Waals surface area (Å²) in [6, 6.07) is 8.76. The highest BCUT2D eigenvalue weighted by Gasteiger charge is 2.25. The lowest BCUT2D eigenvalue weighted by atomic mass is 9.77. The Balaban J connectivity index is 1.79. The summed E-state index contributed by atoms with van der Waals surface area (Å²) in [6.07, 6.45) is 6.24. The number of imidazole rings is 1. The molecule has 0 bridgehead atoms. The van der Waals surface area contributed by atoms with Gasteiger partial charge >= 0.3 is 0 Å². The standard InChI is InChI=1S/C14H16N2/c1-2-14-15-7-8-16(14)10-12-9-11-5-3-4-6-13(11)12/h3-8,12H,2,9-10H2,1H3. The van der Waals surface area contributed by atoms with Gasteiger partial charge in [-0.2, -0.15) is 0 Å². The number of hydrogen-bond donors (Lipinski definition) is 0. The van der Waals surface area contributed by atoms with Crippen LogP contribution in [0.4, 0.5) is 0 Å². The van der Waals surface area contributed by atoms with Crippen LogP contribution in [-0.2, 0) is 19.4 Å². The van der Waals surface area contributed by atoms with E-state index in [9.17, 15) is 0 Å². The summed E-state index contributed by atoms with van der Waals surface area (Å²) in [6.45, 7) is 3.24. The van der Waals surface area contributed by atoms with Crippen molar-refractivity contribution in [1.29, 1.82) is 0 Å². The maximum absolute atomic E-state index is 4.37. The van der Waals surface area contributed by atoms with E-state index in [1.165, 1.54) is 23.4 Å². The quantitative estimate of drug-likeness (QED) is 0.765. The number of hydrogen-bond acceptors (Lipinski definition) is 1. The van der Waals surface area contributed by atoms with E-state index in [4.69, 9.17) is 0 Å². The number of fused-ring (bicyclic) bond motifs is 1. The molecule has 0 radical (unpaired) electrons. The highest BCUT2D eigenvalue weighted by molar-refractivity contribution is 5.39. The average molecular weight is 212 g/mol. The van der Waals surface area contributed by atoms with E-state index in [1.54, 1.807) is 0 Å². The van der Waals surface area contributed by atoms with Crippen molar-refractivity contribution >= 4 is 0 Å². The lowest BCUT2D eigenvalue weighted by molar-refractivity contribution is 0.497. The molecule has 2 heteroatoms. The molecular formula is C14H16N2. The fourth-order valence-corrected chi connectivity index (χ4v) is 2.58. The maximum atomic E-state index is 4.37. The van der Waals surface area contributed by atoms with Gasteiger partial charge in [-0.3, -0.25) is 0 Å². The predicted molar refractivity (Wildman–Crippen MR) is 64.5 cm³/mol. The zero-order valence-electron chi connectivity index (χ0n) is 9.56. The molecular weight excluding hydrogens is 196 g/mol. The third-order valence-electron chi connectivity index (χ3n) is 3.50. The Morgan fingerprint density at radius 1 is 1.38 bits per heavy atom. The van der Waals surface area contributed by atoms with Crippen LogP contribution in [-0.4, -0.2) is 9.55 Å². The molecule has 0 saturated carbocycles. The van der Waals surface area contributed by atoms with E-state index in [0.29, 0.717) is 5.92 Å². The molecule has 82 valence electrons. The van der Waals surface area contributed by atoms with E-state index in [-0.39, 0.29) is 0 Å². The van der Waals surface area contributed by atoms with Crippen molar-refractivity contribution in [2.75, 3.05) is 0 Å². The molecule has 1 heterocycles. The number of rotatable bonds is 3. The zero-order valence-corrected chi connectivity index (χ0v) is 9.56. The highest BCUT2D eigenvalue weighted by atomic mass is 15.1. The second-order valence-corrected chi connectivity index (χ2v) is 4.45. The van der Waals surface area contributed by atoms with E-state index in [2.05, 4.69) is 46.9 Å². The average Bonchev–Trinajstić information content (AvgIpc) is 2.73. The number of nitrogens with zero attached hydrogens (tertiary/aromatic N) is 2. The van der Waals surface area contributed by atoms with Crippen molar-refractivity contribution in [3.8, 4) is 0 Å². The monoisotopic (exact) mass is 212 g/mol. The van der Waals surface area contributed by atoms with E-state index in [0.717, 1.165) is 13.0 Å². The zero-order chi connectivity index (χ0) is 11.0. The first-order valence-electron chi connectivity index (χ1n) is 5.96. The normalized spacial score (nSPS) is 17.9. The molecule has 1 aliphatic rings. The molecule has 0 aliphatic heterocycles. The van der Waals surface area contributed by atoms with Crippen molar-refractivity contribution in [3.63, 3.8) is 0 Å². The Kier molecular flexibility index (Phi) is 2.28. The molecule has 1 unspecified atom stereocenters. The molecule has 1 atom stereocenters. The molecule has 2 aromatic rings. The van der Waals surface area contributed by atoms with Gasteiger partial charge in [-0.1, -0.05) is 31.2 Å². The molecule has 2 nitrogen and oxygen atoms in total. The predicted octanol–water partition coefficient (Wildman–Crippen LogP) is 2.79. The number of aromatic nitrogens is 2. The summed E-state index contributed by atoms with van der Waals surface area (Å²) >= 11 is 0. The van der Waals surface area contributed by atoms with Crippen LogP contribution < -0.4 is 0 Å². The van der Waals surface area contributed by atoms with Crippen LogP contribution in [0.5, 0.6) is 0 Å². The van der Waals surface area contributed by atoms with Crippen LogP contribution in [0.15, 0.2) is 36.7 Å². The lowest BCUT2D eigenvalue weighted by Crippen LogP contribution is -2.22. The van der Waals surface area contributed by atoms with Gasteiger partial charge in [-0.25, -0.2) is 4.98 Å². The second kappa shape index (κ2) is 3.78. The van der Waals surface area contributed by atoms with Gasteiger partial charge in [0.2, 0.25) is 0 Å². The Morgan fingerprint density at radius 2 is 2.25 bits per heavy atom. The summed E-state index contributed by atoms with van der Waals surface area (Å²) in [5, 5.41) is 0. The highest BCUT2D eigenvalue weighted by Crippen LogP contribution is 2.36. The molecule has 0 fully saturated rings. The van der Waals surface area contributed by atoms with Crippen LogP contribution in [0.1, 0.15) is 29.8 Å². The first-order valence-corrected chi connectivity index (χ1v) is 5.96. The molecule has 1 aromatic heterocycles. The van der Waals surface area contributed by atoms with Crippen molar-refractivity contribution in [1.82, 2.24) is 9.55 Å². The molecule has 1 aliphatic carbocycles. The first kappa shape index (κ1) is 9.64. The Morgan fingerprint density at radius 3 is 3.06 bits per heavy atom. The SMILES string of the molecule is CCc1nccn1CC1Cc2ccccc21. The molecule has 1 aromatic carbocycles. The summed E-state index contributed by atoms with van der Waals surface area (Å²) < 4.78 is 2.29. The maximum Gasteiger partial charge on any atom is 0.108 e. The number of aryl methyl sites for hydroxylation is 1. The van der Waals surface area contributed by atoms with Gasteiger partial charge in [0.1, 0.15) is 5.82 Å². The first-order chi connectivity index (χ1) is 7.88. The Bertz CT molecular complexity index is 499. The van der Waals surface area contributed by atoms with Crippen LogP contribution >= 0.6 is 0 Å². The minimum atomic E-state index is 0.690. The molecule has 0 spiro atoms. The second-order valence-electron chi connectivity index (χ2n) is 4.45. The van der Waals surface area contributed by atoms with E-state index in [1.807, 2.05) is 6.20 Å². The molecule has 0 saturated heterocycles. The van der Waals surface area contributed by atoms with Gasteiger partial charge in [0.25, 0.3) is 0 Å². The van der Waals surface area contributed by atoms with Gasteiger partial charge in [-0.15, -0.1) is 0 Å². The third kappa shape index (κ3) is 1.45. The van der Waals surface area contributed by atoms with Gasteiger partial charge in [0.05, 0.1) is 0 Å². The Hall–Kier alpha value is -1.57. The molecule has 3 rings (SSSR count). The van der Waals surface area contributed by atoms with Gasteiger partial charge in [0.15, 0.2) is 0 Å². The van der Waals surface area contributed by atoms with Crippen molar-refractivity contribution < 1.29 is 0 Å². The molecule has 0 N–H and O–H groups in total. The lowest BCUT2D eigenvalue weighted by Gasteiger charge is -2.30.